The fourth-order valence-corrected chi connectivity index (χ4v) is 7.64. The molecule has 0 radical (unpaired) electrons. The van der Waals surface area contributed by atoms with Crippen molar-refractivity contribution < 1.29 is 19.1 Å². The molecule has 7 atom stereocenters. The predicted molar refractivity (Wildman–Crippen MR) is 111 cm³/mol. The minimum atomic E-state index is -0.758. The van der Waals surface area contributed by atoms with Crippen molar-refractivity contribution >= 4 is 11.9 Å². The van der Waals surface area contributed by atoms with E-state index in [1.165, 1.54) is 19.4 Å². The van der Waals surface area contributed by atoms with Gasteiger partial charge in [0.2, 0.25) is 0 Å². The van der Waals surface area contributed by atoms with Crippen LogP contribution in [0.2, 0.25) is 0 Å². The van der Waals surface area contributed by atoms with Crippen molar-refractivity contribution in [1.82, 2.24) is 0 Å². The van der Waals surface area contributed by atoms with E-state index in [4.69, 9.17) is 15.9 Å². The number of carbonyl (C=O) groups is 2. The second kappa shape index (κ2) is 6.89. The number of fused-ring (bicyclic) bond motifs is 5. The number of hydrogen-bond donors (Lipinski definition) is 0. The van der Waals surface area contributed by atoms with E-state index in [-0.39, 0.29) is 28.9 Å². The lowest BCUT2D eigenvalue weighted by atomic mass is 9.47. The summed E-state index contributed by atoms with van der Waals surface area (Å²) in [5.41, 5.74) is 0.766. The van der Waals surface area contributed by atoms with Crippen molar-refractivity contribution in [3.05, 3.63) is 11.6 Å². The van der Waals surface area contributed by atoms with Crippen molar-refractivity contribution in [2.24, 2.45) is 28.6 Å². The van der Waals surface area contributed by atoms with Gasteiger partial charge in [0.05, 0.1) is 0 Å². The largest absolute Gasteiger partial charge is 0.462 e. The summed E-state index contributed by atoms with van der Waals surface area (Å²) in [6.45, 7) is 7.67. The van der Waals surface area contributed by atoms with Crippen LogP contribution >= 0.6 is 0 Å². The molecule has 3 saturated carbocycles. The van der Waals surface area contributed by atoms with Gasteiger partial charge in [0.1, 0.15) is 6.10 Å². The molecular weight excluding hydrogens is 364 g/mol. The SMILES string of the molecule is C#C[C@]1(OC(C)=O)CC[C@H]2[C@@H]3CC=C4C[C@@H](OC(C)=O)CC[C@]4(C)[C@H]3CC[C@@]21C. The van der Waals surface area contributed by atoms with Gasteiger partial charge in [-0.25, -0.2) is 0 Å². The Balaban J connectivity index is 1.61. The summed E-state index contributed by atoms with van der Waals surface area (Å²) in [5.74, 6) is 4.17. The topological polar surface area (TPSA) is 52.6 Å². The minimum Gasteiger partial charge on any atom is -0.462 e. The lowest BCUT2D eigenvalue weighted by Crippen LogP contribution is -2.55. The molecule has 0 aromatic rings. The third-order valence-electron chi connectivity index (χ3n) is 9.06. The Morgan fingerprint density at radius 3 is 2.45 bits per heavy atom. The molecule has 0 heterocycles. The molecule has 0 saturated heterocycles. The van der Waals surface area contributed by atoms with Crippen LogP contribution in [0.4, 0.5) is 0 Å². The van der Waals surface area contributed by atoms with Gasteiger partial charge < -0.3 is 9.47 Å². The Morgan fingerprint density at radius 2 is 1.79 bits per heavy atom. The fraction of sp³-hybridized carbons (Fsp3) is 0.760. The maximum Gasteiger partial charge on any atom is 0.304 e. The van der Waals surface area contributed by atoms with Gasteiger partial charge in [0.15, 0.2) is 5.60 Å². The second-order valence-electron chi connectivity index (χ2n) is 10.3. The minimum absolute atomic E-state index is 0.0294. The first kappa shape index (κ1) is 20.5. The van der Waals surface area contributed by atoms with Gasteiger partial charge in [0, 0.05) is 25.7 Å². The van der Waals surface area contributed by atoms with Gasteiger partial charge in [-0.05, 0) is 68.1 Å². The van der Waals surface area contributed by atoms with E-state index in [2.05, 4.69) is 25.8 Å². The molecule has 4 heteroatoms. The van der Waals surface area contributed by atoms with Gasteiger partial charge in [0.25, 0.3) is 0 Å². The summed E-state index contributed by atoms with van der Waals surface area (Å²) in [5, 5.41) is 0. The number of hydrogen-bond acceptors (Lipinski definition) is 4. The highest BCUT2D eigenvalue weighted by molar-refractivity contribution is 5.67. The van der Waals surface area contributed by atoms with Gasteiger partial charge >= 0.3 is 11.9 Å². The van der Waals surface area contributed by atoms with E-state index in [0.717, 1.165) is 51.4 Å². The van der Waals surface area contributed by atoms with Gasteiger partial charge in [-0.3, -0.25) is 9.59 Å². The quantitative estimate of drug-likeness (QED) is 0.380. The highest BCUT2D eigenvalue weighted by Crippen LogP contribution is 2.67. The van der Waals surface area contributed by atoms with Crippen molar-refractivity contribution in [2.45, 2.75) is 90.8 Å². The van der Waals surface area contributed by atoms with Gasteiger partial charge in [-0.2, -0.15) is 0 Å². The summed E-state index contributed by atoms with van der Waals surface area (Å²) < 4.78 is 11.4. The highest BCUT2D eigenvalue weighted by Gasteiger charge is 2.65. The Morgan fingerprint density at radius 1 is 1.07 bits per heavy atom. The third-order valence-corrected chi connectivity index (χ3v) is 9.06. The average molecular weight is 399 g/mol. The molecule has 0 aromatic carbocycles. The van der Waals surface area contributed by atoms with Gasteiger partial charge in [-0.1, -0.05) is 31.4 Å². The Hall–Kier alpha value is -1.76. The second-order valence-corrected chi connectivity index (χ2v) is 10.3. The van der Waals surface area contributed by atoms with Crippen LogP contribution in [0.15, 0.2) is 11.6 Å². The summed E-state index contributed by atoms with van der Waals surface area (Å²) in [6, 6.07) is 0. The number of ether oxygens (including phenoxy) is 2. The molecule has 4 nitrogen and oxygen atoms in total. The van der Waals surface area contributed by atoms with Gasteiger partial charge in [-0.15, -0.1) is 6.42 Å². The molecule has 4 rings (SSSR count). The Bertz CT molecular complexity index is 791. The molecule has 158 valence electrons. The van der Waals surface area contributed by atoms with Crippen LogP contribution < -0.4 is 0 Å². The maximum absolute atomic E-state index is 11.8. The maximum atomic E-state index is 11.8. The summed E-state index contributed by atoms with van der Waals surface area (Å²) in [6.07, 6.45) is 16.3. The van der Waals surface area contributed by atoms with Crippen LogP contribution in [0.3, 0.4) is 0 Å². The smallest absolute Gasteiger partial charge is 0.304 e. The standard InChI is InChI=1S/C25H34O4/c1-6-25(29-17(3)27)14-11-22-20-8-7-18-15-19(28-16(2)26)9-12-23(18,4)21(20)10-13-24(22,25)5/h1,7,19-22H,8-15H2,2-5H3/t19-,20+,21-,22-,23-,24-,25-/m0/s1. The lowest BCUT2D eigenvalue weighted by Gasteiger charge is -2.58. The molecule has 3 fully saturated rings. The normalized spacial score (nSPS) is 45.7. The lowest BCUT2D eigenvalue weighted by molar-refractivity contribution is -0.168. The molecule has 0 unspecified atom stereocenters. The number of terminal acetylenes is 1. The van der Waals surface area contributed by atoms with E-state index < -0.39 is 5.60 Å². The zero-order valence-corrected chi connectivity index (χ0v) is 18.3. The molecule has 4 aliphatic rings. The third kappa shape index (κ3) is 2.95. The average Bonchev–Trinajstić information content (AvgIpc) is 2.94. The number of allylic oxidation sites excluding steroid dienone is 1. The number of esters is 2. The summed E-state index contributed by atoms with van der Waals surface area (Å²) in [4.78, 5) is 23.3. The zero-order chi connectivity index (χ0) is 21.0. The zero-order valence-electron chi connectivity index (χ0n) is 18.3. The van der Waals surface area contributed by atoms with E-state index in [1.54, 1.807) is 0 Å². The number of rotatable bonds is 2. The molecule has 29 heavy (non-hydrogen) atoms. The Labute approximate surface area is 174 Å². The van der Waals surface area contributed by atoms with E-state index in [0.29, 0.717) is 17.8 Å². The van der Waals surface area contributed by atoms with Crippen molar-refractivity contribution in [1.29, 1.82) is 0 Å². The first-order chi connectivity index (χ1) is 13.6. The molecule has 0 amide bonds. The van der Waals surface area contributed by atoms with Crippen molar-refractivity contribution in [3.63, 3.8) is 0 Å². The first-order valence-electron chi connectivity index (χ1n) is 11.2. The van der Waals surface area contributed by atoms with Crippen LogP contribution in [0.25, 0.3) is 0 Å². The highest BCUT2D eigenvalue weighted by atomic mass is 16.6. The number of carbonyl (C=O) groups excluding carboxylic acids is 2. The van der Waals surface area contributed by atoms with Crippen molar-refractivity contribution in [2.75, 3.05) is 0 Å². The molecule has 0 aromatic heterocycles. The molecule has 4 aliphatic carbocycles. The first-order valence-corrected chi connectivity index (χ1v) is 11.2. The molecule has 0 spiro atoms. The van der Waals surface area contributed by atoms with Crippen LogP contribution in [0, 0.1) is 40.9 Å². The van der Waals surface area contributed by atoms with Crippen molar-refractivity contribution in [3.8, 4) is 12.3 Å². The summed E-state index contributed by atoms with van der Waals surface area (Å²) >= 11 is 0. The molecule has 0 bridgehead atoms. The fourth-order valence-electron chi connectivity index (χ4n) is 7.64. The Kier molecular flexibility index (Phi) is 4.88. The van der Waals surface area contributed by atoms with Crippen LogP contribution in [0.5, 0.6) is 0 Å². The van der Waals surface area contributed by atoms with Crippen LogP contribution in [-0.2, 0) is 19.1 Å². The van der Waals surface area contributed by atoms with E-state index in [9.17, 15) is 9.59 Å². The van der Waals surface area contributed by atoms with E-state index in [1.807, 2.05) is 0 Å². The summed E-state index contributed by atoms with van der Waals surface area (Å²) in [7, 11) is 0. The van der Waals surface area contributed by atoms with E-state index >= 15 is 0 Å². The van der Waals surface area contributed by atoms with Crippen LogP contribution in [-0.4, -0.2) is 23.6 Å². The molecular formula is C25H34O4. The predicted octanol–water partition coefficient (Wildman–Crippen LogP) is 4.82. The molecule has 0 N–H and O–H groups in total. The van der Waals surface area contributed by atoms with Crippen LogP contribution in [0.1, 0.15) is 79.1 Å². The monoisotopic (exact) mass is 398 g/mol. The molecule has 0 aliphatic heterocycles.